The summed E-state index contributed by atoms with van der Waals surface area (Å²) < 4.78 is 33.0. The van der Waals surface area contributed by atoms with Gasteiger partial charge >= 0.3 is 12.2 Å². The topological polar surface area (TPSA) is 135 Å². The average Bonchev–Trinajstić information content (AvgIpc) is 4.01. The van der Waals surface area contributed by atoms with Crippen LogP contribution >= 0.6 is 11.5 Å². The van der Waals surface area contributed by atoms with Crippen LogP contribution in [-0.2, 0) is 22.3 Å². The molecule has 0 spiro atoms. The third-order valence-corrected chi connectivity index (χ3v) is 11.6. The van der Waals surface area contributed by atoms with Crippen molar-refractivity contribution < 1.29 is 23.5 Å². The number of fused-ring (bicyclic) bond motifs is 2. The van der Waals surface area contributed by atoms with Crippen molar-refractivity contribution in [3.63, 3.8) is 0 Å². The third kappa shape index (κ3) is 10.4. The van der Waals surface area contributed by atoms with E-state index >= 15 is 0 Å². The van der Waals surface area contributed by atoms with Crippen molar-refractivity contribution in [1.82, 2.24) is 37.9 Å². The van der Waals surface area contributed by atoms with Crippen LogP contribution in [0.4, 0.5) is 30.7 Å². The maximum absolute atomic E-state index is 13.4. The lowest BCUT2D eigenvalue weighted by Crippen LogP contribution is -2.39. The number of benzene rings is 1. The number of anilines is 3. The van der Waals surface area contributed by atoms with Gasteiger partial charge in [-0.25, -0.2) is 23.9 Å². The number of imidazole rings is 2. The molecular formula is C48H59FN10O4S. The SMILES string of the molecule is CCc1nc2ccc(C3=CCN(C(=O)OC(C)(C)C)CC3)cn2c1N(C)c1nc(-c2ccc(F)cc2)ns1.CCc1nc2ccc(C3=CCN(C(=O)OC(C)(C)C)CC3)cn2c1NC. The third-order valence-electron chi connectivity index (χ3n) is 10.8. The Balaban J connectivity index is 0.000000206. The summed E-state index contributed by atoms with van der Waals surface area (Å²) in [5.41, 5.74) is 8.29. The van der Waals surface area contributed by atoms with Gasteiger partial charge in [-0.05, 0) is 138 Å². The van der Waals surface area contributed by atoms with Crippen LogP contribution in [0.2, 0.25) is 0 Å². The second-order valence-corrected chi connectivity index (χ2v) is 18.5. The predicted octanol–water partition coefficient (Wildman–Crippen LogP) is 10.3. The molecule has 0 radical (unpaired) electrons. The highest BCUT2D eigenvalue weighted by molar-refractivity contribution is 7.10. The number of nitrogens with zero attached hydrogens (tertiary/aromatic N) is 9. The highest BCUT2D eigenvalue weighted by Gasteiger charge is 2.27. The molecule has 8 rings (SSSR count). The first kappa shape index (κ1) is 45.7. The fourth-order valence-corrected chi connectivity index (χ4v) is 8.31. The number of hydrogen-bond donors (Lipinski definition) is 1. The highest BCUT2D eigenvalue weighted by atomic mass is 32.1. The molecule has 1 aromatic carbocycles. The molecule has 64 heavy (non-hydrogen) atoms. The van der Waals surface area contributed by atoms with Crippen molar-refractivity contribution in [2.24, 2.45) is 0 Å². The van der Waals surface area contributed by atoms with Gasteiger partial charge in [-0.15, -0.1) is 0 Å². The monoisotopic (exact) mass is 890 g/mol. The number of aromatic nitrogens is 6. The van der Waals surface area contributed by atoms with Crippen molar-refractivity contribution in [3.05, 3.63) is 101 Å². The summed E-state index contributed by atoms with van der Waals surface area (Å²) in [6.07, 6.45) is 11.1. The predicted molar refractivity (Wildman–Crippen MR) is 253 cm³/mol. The van der Waals surface area contributed by atoms with E-state index in [0.29, 0.717) is 32.0 Å². The fraction of sp³-hybridized carbons (Fsp3) is 0.417. The second kappa shape index (κ2) is 18.8. The smallest absolute Gasteiger partial charge is 0.410 e. The summed E-state index contributed by atoms with van der Waals surface area (Å²) in [6, 6.07) is 14.4. The molecule has 0 fully saturated rings. The second-order valence-electron chi connectivity index (χ2n) is 17.8. The molecule has 0 saturated carbocycles. The zero-order chi connectivity index (χ0) is 45.9. The van der Waals surface area contributed by atoms with Crippen molar-refractivity contribution in [2.75, 3.05) is 50.5 Å². The Bertz CT molecular complexity index is 2700. The summed E-state index contributed by atoms with van der Waals surface area (Å²) in [4.78, 5) is 44.4. The van der Waals surface area contributed by atoms with E-state index in [1.165, 1.54) is 34.8 Å². The highest BCUT2D eigenvalue weighted by Crippen LogP contribution is 2.34. The minimum absolute atomic E-state index is 0.247. The quantitative estimate of drug-likeness (QED) is 0.157. The van der Waals surface area contributed by atoms with Gasteiger partial charge < -0.3 is 29.5 Å². The summed E-state index contributed by atoms with van der Waals surface area (Å²) in [7, 11) is 3.89. The molecule has 2 amide bonds. The zero-order valence-corrected chi connectivity index (χ0v) is 39.3. The van der Waals surface area contributed by atoms with Crippen LogP contribution in [0.3, 0.4) is 0 Å². The Morgan fingerprint density at radius 3 is 1.72 bits per heavy atom. The fourth-order valence-electron chi connectivity index (χ4n) is 7.66. The molecule has 5 aromatic heterocycles. The molecule has 2 aliphatic rings. The molecule has 2 aliphatic heterocycles. The molecular weight excluding hydrogens is 832 g/mol. The summed E-state index contributed by atoms with van der Waals surface area (Å²) in [5, 5.41) is 3.97. The van der Waals surface area contributed by atoms with E-state index < -0.39 is 11.2 Å². The van der Waals surface area contributed by atoms with Gasteiger partial charge in [-0.1, -0.05) is 26.0 Å². The van der Waals surface area contributed by atoms with Gasteiger partial charge in [0.05, 0.1) is 11.4 Å². The lowest BCUT2D eigenvalue weighted by Gasteiger charge is -2.29. The van der Waals surface area contributed by atoms with E-state index in [-0.39, 0.29) is 18.0 Å². The molecule has 14 nitrogen and oxygen atoms in total. The molecule has 0 saturated heterocycles. The molecule has 0 atom stereocenters. The number of ether oxygens (including phenoxy) is 2. The number of hydrogen-bond acceptors (Lipinski definition) is 11. The van der Waals surface area contributed by atoms with Crippen molar-refractivity contribution in [2.45, 2.75) is 92.3 Å². The molecule has 7 heterocycles. The van der Waals surface area contributed by atoms with Crippen molar-refractivity contribution in [1.29, 1.82) is 0 Å². The van der Waals surface area contributed by atoms with Gasteiger partial charge in [-0.3, -0.25) is 8.80 Å². The first-order valence-corrected chi connectivity index (χ1v) is 22.6. The Kier molecular flexibility index (Phi) is 13.4. The minimum Gasteiger partial charge on any atom is -0.444 e. The lowest BCUT2D eigenvalue weighted by molar-refractivity contribution is 0.0260. The maximum Gasteiger partial charge on any atom is 0.410 e. The lowest BCUT2D eigenvalue weighted by atomic mass is 10.0. The van der Waals surface area contributed by atoms with E-state index in [2.05, 4.69) is 80.1 Å². The van der Waals surface area contributed by atoms with E-state index in [1.807, 2.05) is 66.6 Å². The van der Waals surface area contributed by atoms with Crippen molar-refractivity contribution in [3.8, 4) is 11.4 Å². The number of rotatable bonds is 8. The summed E-state index contributed by atoms with van der Waals surface area (Å²) in [6.45, 7) is 17.8. The van der Waals surface area contributed by atoms with Crippen molar-refractivity contribution >= 4 is 62.9 Å². The molecule has 16 heteroatoms. The van der Waals surface area contributed by atoms with E-state index in [0.717, 1.165) is 81.8 Å². The van der Waals surface area contributed by atoms with E-state index in [9.17, 15) is 14.0 Å². The Morgan fingerprint density at radius 2 is 1.23 bits per heavy atom. The number of carbonyl (C=O) groups is 2. The Labute approximate surface area is 378 Å². The molecule has 1 N–H and O–H groups in total. The number of aryl methyl sites for hydroxylation is 2. The molecule has 6 aromatic rings. The zero-order valence-electron chi connectivity index (χ0n) is 38.5. The molecule has 0 aliphatic carbocycles. The maximum atomic E-state index is 13.4. The van der Waals surface area contributed by atoms with Gasteiger partial charge in [0.2, 0.25) is 5.13 Å². The van der Waals surface area contributed by atoms with Crippen LogP contribution in [0.1, 0.15) is 90.7 Å². The Hall–Kier alpha value is -6.29. The van der Waals surface area contributed by atoms with Crippen LogP contribution in [0.25, 0.3) is 33.8 Å². The van der Waals surface area contributed by atoms with Crippen LogP contribution in [0.15, 0.2) is 73.1 Å². The first-order valence-electron chi connectivity index (χ1n) is 21.8. The minimum atomic E-state index is -0.514. The van der Waals surface area contributed by atoms with Gasteiger partial charge in [0.25, 0.3) is 0 Å². The summed E-state index contributed by atoms with van der Waals surface area (Å²) in [5.74, 6) is 2.24. The molecule has 0 bridgehead atoms. The number of halogens is 1. The van der Waals surface area contributed by atoms with Gasteiger partial charge in [0, 0.05) is 69.8 Å². The normalized spacial score (nSPS) is 14.5. The number of pyridine rings is 2. The number of amides is 2. The standard InChI is InChI=1S/C28H31FN6O2S.C20H28N4O2/c1-6-22-25(33(5)26-31-24(32-38-26)19-7-10-21(29)11-8-19)35-17-20(9-12-23(35)30-22)18-13-15-34(16-14-18)27(36)37-28(2,3)4;1-6-16-18(21-5)24-13-15(7-8-17(24)22-16)14-9-11-23(12-10-14)19(25)26-20(2,3)4/h7-13,17H,6,14-16H2,1-5H3;7-9,13,21H,6,10-12H2,1-5H3. The first-order chi connectivity index (χ1) is 30.4. The number of nitrogens with one attached hydrogen (secondary N) is 1. The average molecular weight is 891 g/mol. The van der Waals surface area contributed by atoms with Gasteiger partial charge in [0.15, 0.2) is 5.82 Å². The van der Waals surface area contributed by atoms with Crippen LogP contribution < -0.4 is 10.2 Å². The van der Waals surface area contributed by atoms with Crippen LogP contribution in [0.5, 0.6) is 0 Å². The largest absolute Gasteiger partial charge is 0.444 e. The van der Waals surface area contributed by atoms with Gasteiger partial charge in [-0.2, -0.15) is 9.36 Å². The van der Waals surface area contributed by atoms with Gasteiger partial charge in [0.1, 0.15) is 39.9 Å². The van der Waals surface area contributed by atoms with E-state index in [1.54, 1.807) is 21.9 Å². The number of carbonyl (C=O) groups excluding carboxylic acids is 2. The molecule has 0 unspecified atom stereocenters. The Morgan fingerprint density at radius 1 is 0.734 bits per heavy atom. The molecule has 338 valence electrons. The van der Waals surface area contributed by atoms with Crippen LogP contribution in [-0.4, -0.2) is 102 Å². The summed E-state index contributed by atoms with van der Waals surface area (Å²) >= 11 is 1.29. The van der Waals surface area contributed by atoms with Crippen LogP contribution in [0, 0.1) is 5.82 Å². The van der Waals surface area contributed by atoms with E-state index in [4.69, 9.17) is 19.4 Å².